The van der Waals surface area contributed by atoms with Gasteiger partial charge >= 0.3 is 0 Å². The lowest BCUT2D eigenvalue weighted by Crippen LogP contribution is -2.42. The lowest BCUT2D eigenvalue weighted by molar-refractivity contribution is -0.123. The summed E-state index contributed by atoms with van der Waals surface area (Å²) in [6.45, 7) is 0.630. The third-order valence-corrected chi connectivity index (χ3v) is 4.03. The van der Waals surface area contributed by atoms with Gasteiger partial charge in [-0.25, -0.2) is 8.78 Å². The zero-order valence-electron chi connectivity index (χ0n) is 11.6. The number of nitrogens with one attached hydrogen (secondary N) is 2. The van der Waals surface area contributed by atoms with Crippen molar-refractivity contribution in [2.75, 3.05) is 19.7 Å². The van der Waals surface area contributed by atoms with Gasteiger partial charge in [0.25, 0.3) is 5.92 Å². The van der Waals surface area contributed by atoms with E-state index in [0.717, 1.165) is 17.7 Å². The van der Waals surface area contributed by atoms with Crippen LogP contribution in [0.25, 0.3) is 0 Å². The maximum absolute atomic E-state index is 13.1. The van der Waals surface area contributed by atoms with Gasteiger partial charge in [0.2, 0.25) is 5.91 Å². The first-order valence-electron chi connectivity index (χ1n) is 7.16. The zero-order valence-corrected chi connectivity index (χ0v) is 11.6. The highest BCUT2D eigenvalue weighted by atomic mass is 19.3. The first kappa shape index (κ1) is 14.3. The fourth-order valence-electron chi connectivity index (χ4n) is 2.88. The second-order valence-electron chi connectivity index (χ2n) is 5.61. The summed E-state index contributed by atoms with van der Waals surface area (Å²) in [7, 11) is 0. The van der Waals surface area contributed by atoms with Crippen molar-refractivity contribution in [3.8, 4) is 5.75 Å². The van der Waals surface area contributed by atoms with Gasteiger partial charge in [-0.1, -0.05) is 18.2 Å². The van der Waals surface area contributed by atoms with Crippen LogP contribution in [0.4, 0.5) is 8.78 Å². The molecule has 0 saturated carbocycles. The van der Waals surface area contributed by atoms with Crippen LogP contribution in [0.15, 0.2) is 24.3 Å². The normalized spacial score (nSPS) is 26.8. The zero-order chi connectivity index (χ0) is 14.9. The highest BCUT2D eigenvalue weighted by Crippen LogP contribution is 2.33. The second kappa shape index (κ2) is 5.60. The molecule has 2 N–H and O–H groups in total. The van der Waals surface area contributed by atoms with Gasteiger partial charge in [0.1, 0.15) is 5.75 Å². The molecular formula is C15H18F2N2O2. The standard InChI is InChI=1S/C15H18F2N2O2/c16-15(17)7-12(19-9-15)14(20)18-8-10-5-6-21-13-4-2-1-3-11(10)13/h1-4,10,12,19H,5-9H2,(H,18,20). The summed E-state index contributed by atoms with van der Waals surface area (Å²) < 4.78 is 31.7. The van der Waals surface area contributed by atoms with Gasteiger partial charge in [0.05, 0.1) is 19.2 Å². The Kier molecular flexibility index (Phi) is 3.80. The van der Waals surface area contributed by atoms with Crippen molar-refractivity contribution in [2.24, 2.45) is 0 Å². The fourth-order valence-corrected chi connectivity index (χ4v) is 2.88. The molecule has 1 amide bonds. The van der Waals surface area contributed by atoms with E-state index >= 15 is 0 Å². The van der Waals surface area contributed by atoms with Crippen molar-refractivity contribution in [1.29, 1.82) is 0 Å². The predicted octanol–water partition coefficient (Wildman–Crippen LogP) is 1.67. The Balaban J connectivity index is 1.58. The first-order chi connectivity index (χ1) is 10.1. The number of fused-ring (bicyclic) bond motifs is 1. The molecule has 2 atom stereocenters. The van der Waals surface area contributed by atoms with Crippen LogP contribution in [0.2, 0.25) is 0 Å². The van der Waals surface area contributed by atoms with Crippen molar-refractivity contribution >= 4 is 5.91 Å². The number of carbonyl (C=O) groups excluding carboxylic acids is 1. The SMILES string of the molecule is O=C(NCC1CCOc2ccccc21)C1CC(F)(F)CN1. The summed E-state index contributed by atoms with van der Waals surface area (Å²) in [4.78, 5) is 11.9. The molecular weight excluding hydrogens is 278 g/mol. The molecule has 21 heavy (non-hydrogen) atoms. The number of hydrogen-bond acceptors (Lipinski definition) is 3. The Bertz CT molecular complexity index is 536. The molecule has 1 saturated heterocycles. The van der Waals surface area contributed by atoms with Crippen molar-refractivity contribution in [2.45, 2.75) is 30.7 Å². The maximum Gasteiger partial charge on any atom is 0.262 e. The molecule has 2 aliphatic rings. The summed E-state index contributed by atoms with van der Waals surface area (Å²) >= 11 is 0. The fraction of sp³-hybridized carbons (Fsp3) is 0.533. The number of benzene rings is 1. The molecule has 0 spiro atoms. The molecule has 6 heteroatoms. The summed E-state index contributed by atoms with van der Waals surface area (Å²) in [6, 6.07) is 6.93. The lowest BCUT2D eigenvalue weighted by atomic mass is 9.93. The van der Waals surface area contributed by atoms with E-state index in [0.29, 0.717) is 13.2 Å². The average Bonchev–Trinajstić information content (AvgIpc) is 2.85. The molecule has 1 fully saturated rings. The van der Waals surface area contributed by atoms with Crippen molar-refractivity contribution in [3.63, 3.8) is 0 Å². The largest absolute Gasteiger partial charge is 0.493 e. The van der Waals surface area contributed by atoms with Gasteiger partial charge in [0, 0.05) is 18.9 Å². The van der Waals surface area contributed by atoms with Crippen molar-refractivity contribution in [3.05, 3.63) is 29.8 Å². The number of ether oxygens (including phenoxy) is 1. The van der Waals surface area contributed by atoms with E-state index < -0.39 is 24.9 Å². The summed E-state index contributed by atoms with van der Waals surface area (Å²) in [5.74, 6) is -2.13. The smallest absolute Gasteiger partial charge is 0.262 e. The van der Waals surface area contributed by atoms with E-state index in [-0.39, 0.29) is 11.8 Å². The molecule has 0 radical (unpaired) electrons. The molecule has 2 unspecified atom stereocenters. The second-order valence-corrected chi connectivity index (χ2v) is 5.61. The van der Waals surface area contributed by atoms with Gasteiger partial charge in [0.15, 0.2) is 0 Å². The van der Waals surface area contributed by atoms with E-state index in [1.807, 2.05) is 24.3 Å². The number of halogens is 2. The van der Waals surface area contributed by atoms with Crippen LogP contribution in [-0.2, 0) is 4.79 Å². The number of para-hydroxylation sites is 1. The molecule has 4 nitrogen and oxygen atoms in total. The van der Waals surface area contributed by atoms with Crippen LogP contribution < -0.4 is 15.4 Å². The molecule has 0 aliphatic carbocycles. The predicted molar refractivity (Wildman–Crippen MR) is 73.7 cm³/mol. The van der Waals surface area contributed by atoms with Crippen molar-refractivity contribution in [1.82, 2.24) is 10.6 Å². The van der Waals surface area contributed by atoms with Gasteiger partial charge in [-0.15, -0.1) is 0 Å². The number of hydrogen-bond donors (Lipinski definition) is 2. The third-order valence-electron chi connectivity index (χ3n) is 4.03. The third kappa shape index (κ3) is 3.15. The van der Waals surface area contributed by atoms with E-state index in [2.05, 4.69) is 10.6 Å². The minimum atomic E-state index is -2.78. The van der Waals surface area contributed by atoms with Crippen LogP contribution in [0, 0.1) is 0 Å². The Morgan fingerprint density at radius 1 is 1.43 bits per heavy atom. The number of rotatable bonds is 3. The van der Waals surface area contributed by atoms with Crippen molar-refractivity contribution < 1.29 is 18.3 Å². The van der Waals surface area contributed by atoms with Gasteiger partial charge < -0.3 is 10.1 Å². The van der Waals surface area contributed by atoms with E-state index in [1.165, 1.54) is 0 Å². The van der Waals surface area contributed by atoms with E-state index in [1.54, 1.807) is 0 Å². The highest BCUT2D eigenvalue weighted by Gasteiger charge is 2.42. The summed E-state index contributed by atoms with van der Waals surface area (Å²) in [5.41, 5.74) is 1.06. The molecule has 2 heterocycles. The average molecular weight is 296 g/mol. The Labute approximate surface area is 121 Å². The minimum Gasteiger partial charge on any atom is -0.493 e. The summed E-state index contributed by atoms with van der Waals surface area (Å²) in [6.07, 6.45) is 0.384. The Morgan fingerprint density at radius 2 is 2.24 bits per heavy atom. The monoisotopic (exact) mass is 296 g/mol. The Hall–Kier alpha value is -1.69. The molecule has 1 aromatic carbocycles. The van der Waals surface area contributed by atoms with E-state index in [9.17, 15) is 13.6 Å². The number of carbonyl (C=O) groups is 1. The first-order valence-corrected chi connectivity index (χ1v) is 7.16. The lowest BCUT2D eigenvalue weighted by Gasteiger charge is -2.26. The Morgan fingerprint density at radius 3 is 3.00 bits per heavy atom. The van der Waals surface area contributed by atoms with E-state index in [4.69, 9.17) is 4.74 Å². The molecule has 3 rings (SSSR count). The quantitative estimate of drug-likeness (QED) is 0.892. The van der Waals surface area contributed by atoms with Gasteiger partial charge in [-0.05, 0) is 18.1 Å². The molecule has 2 aliphatic heterocycles. The molecule has 114 valence electrons. The van der Waals surface area contributed by atoms with Crippen LogP contribution in [0.1, 0.15) is 24.3 Å². The highest BCUT2D eigenvalue weighted by molar-refractivity contribution is 5.82. The van der Waals surface area contributed by atoms with Crippen LogP contribution in [-0.4, -0.2) is 37.6 Å². The summed E-state index contributed by atoms with van der Waals surface area (Å²) in [5, 5.41) is 5.35. The van der Waals surface area contributed by atoms with Gasteiger partial charge in [-0.3, -0.25) is 10.1 Å². The van der Waals surface area contributed by atoms with Crippen LogP contribution in [0.5, 0.6) is 5.75 Å². The van der Waals surface area contributed by atoms with Crippen LogP contribution >= 0.6 is 0 Å². The number of alkyl halides is 2. The molecule has 1 aromatic rings. The molecule has 0 aromatic heterocycles. The maximum atomic E-state index is 13.1. The van der Waals surface area contributed by atoms with Crippen LogP contribution in [0.3, 0.4) is 0 Å². The molecule has 0 bridgehead atoms. The topological polar surface area (TPSA) is 50.4 Å². The minimum absolute atomic E-state index is 0.167. The number of amides is 1. The van der Waals surface area contributed by atoms with Gasteiger partial charge in [-0.2, -0.15) is 0 Å².